The third kappa shape index (κ3) is 3.96. The molecule has 19 heavy (non-hydrogen) atoms. The fourth-order valence-electron chi connectivity index (χ4n) is 2.39. The number of aromatic carboxylic acids is 1. The van der Waals surface area contributed by atoms with Gasteiger partial charge >= 0.3 is 5.97 Å². The summed E-state index contributed by atoms with van der Waals surface area (Å²) in [6, 6.07) is 5.19. The molecular formula is C15H21NO3. The van der Waals surface area contributed by atoms with Crippen molar-refractivity contribution in [3.8, 4) is 5.75 Å². The Balaban J connectivity index is 1.91. The molecule has 0 bridgehead atoms. The maximum Gasteiger partial charge on any atom is 0.339 e. The highest BCUT2D eigenvalue weighted by atomic mass is 16.5. The average Bonchev–Trinajstić information content (AvgIpc) is 2.39. The van der Waals surface area contributed by atoms with Crippen molar-refractivity contribution < 1.29 is 14.6 Å². The third-order valence-corrected chi connectivity index (χ3v) is 3.48. The van der Waals surface area contributed by atoms with Gasteiger partial charge in [-0.2, -0.15) is 0 Å². The molecule has 1 N–H and O–H groups in total. The number of hydrogen-bond donors (Lipinski definition) is 1. The van der Waals surface area contributed by atoms with Crippen molar-refractivity contribution in [1.29, 1.82) is 0 Å². The Morgan fingerprint density at radius 2 is 2.05 bits per heavy atom. The van der Waals surface area contributed by atoms with Gasteiger partial charge in [0.15, 0.2) is 0 Å². The monoisotopic (exact) mass is 263 g/mol. The molecule has 0 aromatic heterocycles. The largest absolute Gasteiger partial charge is 0.491 e. The molecule has 1 fully saturated rings. The van der Waals surface area contributed by atoms with Gasteiger partial charge in [0, 0.05) is 6.54 Å². The lowest BCUT2D eigenvalue weighted by Crippen LogP contribution is -2.33. The van der Waals surface area contributed by atoms with E-state index in [9.17, 15) is 4.79 Å². The number of carboxylic acids is 1. The molecular weight excluding hydrogens is 242 g/mol. The summed E-state index contributed by atoms with van der Waals surface area (Å²) in [5.74, 6) is -0.461. The number of benzene rings is 1. The second kappa shape index (κ2) is 6.57. The predicted molar refractivity (Wildman–Crippen MR) is 73.9 cm³/mol. The summed E-state index contributed by atoms with van der Waals surface area (Å²) >= 11 is 0. The van der Waals surface area contributed by atoms with Gasteiger partial charge in [0.25, 0.3) is 0 Å². The van der Waals surface area contributed by atoms with Gasteiger partial charge in [-0.15, -0.1) is 0 Å². The maximum atomic E-state index is 11.1. The van der Waals surface area contributed by atoms with Gasteiger partial charge in [0.05, 0.1) is 0 Å². The quantitative estimate of drug-likeness (QED) is 0.887. The highest BCUT2D eigenvalue weighted by molar-refractivity contribution is 5.90. The molecule has 0 unspecified atom stereocenters. The van der Waals surface area contributed by atoms with E-state index in [1.54, 1.807) is 18.2 Å². The summed E-state index contributed by atoms with van der Waals surface area (Å²) in [6.45, 7) is 5.60. The molecule has 0 atom stereocenters. The average molecular weight is 263 g/mol. The van der Waals surface area contributed by atoms with Crippen LogP contribution in [0.4, 0.5) is 0 Å². The first-order valence-electron chi connectivity index (χ1n) is 6.86. The number of rotatable bonds is 5. The minimum absolute atomic E-state index is 0.240. The number of carboxylic acid groups (broad SMARTS) is 1. The van der Waals surface area contributed by atoms with E-state index in [2.05, 4.69) is 4.90 Å². The molecule has 0 saturated carbocycles. The second-order valence-corrected chi connectivity index (χ2v) is 5.06. The van der Waals surface area contributed by atoms with E-state index in [0.717, 1.165) is 25.2 Å². The molecule has 1 aliphatic rings. The van der Waals surface area contributed by atoms with Gasteiger partial charge in [0.2, 0.25) is 0 Å². The van der Waals surface area contributed by atoms with Crippen LogP contribution in [0.1, 0.15) is 35.2 Å². The van der Waals surface area contributed by atoms with Crippen LogP contribution in [0.3, 0.4) is 0 Å². The number of aryl methyl sites for hydroxylation is 1. The number of carbonyl (C=O) groups is 1. The van der Waals surface area contributed by atoms with E-state index >= 15 is 0 Å². The first-order chi connectivity index (χ1) is 9.16. The van der Waals surface area contributed by atoms with Crippen LogP contribution >= 0.6 is 0 Å². The summed E-state index contributed by atoms with van der Waals surface area (Å²) in [7, 11) is 0. The van der Waals surface area contributed by atoms with Crippen molar-refractivity contribution in [2.24, 2.45) is 0 Å². The number of hydrogen-bond acceptors (Lipinski definition) is 3. The molecule has 0 amide bonds. The Bertz CT molecular complexity index is 439. The third-order valence-electron chi connectivity index (χ3n) is 3.48. The molecule has 1 aromatic rings. The van der Waals surface area contributed by atoms with Gasteiger partial charge < -0.3 is 9.84 Å². The van der Waals surface area contributed by atoms with Crippen LogP contribution in [-0.2, 0) is 0 Å². The van der Waals surface area contributed by atoms with Gasteiger partial charge in [-0.3, -0.25) is 4.90 Å². The fourth-order valence-corrected chi connectivity index (χ4v) is 2.39. The molecule has 0 spiro atoms. The Morgan fingerprint density at radius 3 is 2.74 bits per heavy atom. The summed E-state index contributed by atoms with van der Waals surface area (Å²) in [4.78, 5) is 13.5. The lowest BCUT2D eigenvalue weighted by molar-refractivity contribution is 0.0691. The molecule has 1 aliphatic heterocycles. The SMILES string of the molecule is Cc1ccc(C(=O)O)c(OCCN2CCCCC2)c1. The van der Waals surface area contributed by atoms with Gasteiger partial charge in [0.1, 0.15) is 17.9 Å². The van der Waals surface area contributed by atoms with Crippen molar-refractivity contribution in [3.05, 3.63) is 29.3 Å². The highest BCUT2D eigenvalue weighted by Gasteiger charge is 2.13. The minimum Gasteiger partial charge on any atom is -0.491 e. The van der Waals surface area contributed by atoms with Crippen LogP contribution in [-0.4, -0.2) is 42.2 Å². The van der Waals surface area contributed by atoms with E-state index in [4.69, 9.17) is 9.84 Å². The van der Waals surface area contributed by atoms with Crippen LogP contribution in [0.25, 0.3) is 0 Å². The molecule has 1 saturated heterocycles. The van der Waals surface area contributed by atoms with Crippen molar-refractivity contribution >= 4 is 5.97 Å². The summed E-state index contributed by atoms with van der Waals surface area (Å²) in [5, 5.41) is 9.11. The first-order valence-corrected chi connectivity index (χ1v) is 6.86. The number of piperidine rings is 1. The lowest BCUT2D eigenvalue weighted by Gasteiger charge is -2.26. The van der Waals surface area contributed by atoms with E-state index in [1.165, 1.54) is 19.3 Å². The van der Waals surface area contributed by atoms with E-state index in [-0.39, 0.29) is 5.56 Å². The van der Waals surface area contributed by atoms with E-state index in [0.29, 0.717) is 12.4 Å². The zero-order chi connectivity index (χ0) is 13.7. The van der Waals surface area contributed by atoms with Gasteiger partial charge in [-0.05, 0) is 50.6 Å². The Hall–Kier alpha value is -1.55. The zero-order valence-electron chi connectivity index (χ0n) is 11.4. The molecule has 1 aromatic carbocycles. The Labute approximate surface area is 114 Å². The summed E-state index contributed by atoms with van der Waals surface area (Å²) < 4.78 is 5.66. The van der Waals surface area contributed by atoms with Crippen molar-refractivity contribution in [3.63, 3.8) is 0 Å². The number of ether oxygens (including phenoxy) is 1. The molecule has 0 radical (unpaired) electrons. The van der Waals surface area contributed by atoms with E-state index < -0.39 is 5.97 Å². The Morgan fingerprint density at radius 1 is 1.32 bits per heavy atom. The number of nitrogens with zero attached hydrogens (tertiary/aromatic N) is 1. The molecule has 104 valence electrons. The van der Waals surface area contributed by atoms with Crippen molar-refractivity contribution in [1.82, 2.24) is 4.90 Å². The first kappa shape index (κ1) is 13.9. The number of likely N-dealkylation sites (tertiary alicyclic amines) is 1. The standard InChI is InChI=1S/C15H21NO3/c1-12-5-6-13(15(17)18)14(11-12)19-10-9-16-7-3-2-4-8-16/h5-6,11H,2-4,7-10H2,1H3,(H,17,18). The molecule has 1 heterocycles. The van der Waals surface area contributed by atoms with Crippen LogP contribution in [0.5, 0.6) is 5.75 Å². The predicted octanol–water partition coefficient (Wildman–Crippen LogP) is 2.56. The van der Waals surface area contributed by atoms with Crippen molar-refractivity contribution in [2.75, 3.05) is 26.2 Å². The fraction of sp³-hybridized carbons (Fsp3) is 0.533. The molecule has 4 nitrogen and oxygen atoms in total. The maximum absolute atomic E-state index is 11.1. The van der Waals surface area contributed by atoms with Crippen LogP contribution in [0.2, 0.25) is 0 Å². The minimum atomic E-state index is -0.937. The van der Waals surface area contributed by atoms with Crippen LogP contribution < -0.4 is 4.74 Å². The smallest absolute Gasteiger partial charge is 0.339 e. The van der Waals surface area contributed by atoms with E-state index in [1.807, 2.05) is 6.92 Å². The highest BCUT2D eigenvalue weighted by Crippen LogP contribution is 2.20. The van der Waals surface area contributed by atoms with Gasteiger partial charge in [-0.25, -0.2) is 4.79 Å². The summed E-state index contributed by atoms with van der Waals surface area (Å²) in [6.07, 6.45) is 3.83. The van der Waals surface area contributed by atoms with Crippen LogP contribution in [0.15, 0.2) is 18.2 Å². The second-order valence-electron chi connectivity index (χ2n) is 5.06. The lowest BCUT2D eigenvalue weighted by atomic mass is 10.1. The van der Waals surface area contributed by atoms with Crippen LogP contribution in [0, 0.1) is 6.92 Å². The topological polar surface area (TPSA) is 49.8 Å². The molecule has 0 aliphatic carbocycles. The normalized spacial score (nSPS) is 16.3. The molecule has 2 rings (SSSR count). The van der Waals surface area contributed by atoms with Gasteiger partial charge in [-0.1, -0.05) is 12.5 Å². The Kier molecular flexibility index (Phi) is 4.80. The summed E-state index contributed by atoms with van der Waals surface area (Å²) in [5.41, 5.74) is 1.25. The molecule has 4 heteroatoms. The van der Waals surface area contributed by atoms with Crippen molar-refractivity contribution in [2.45, 2.75) is 26.2 Å². The zero-order valence-corrected chi connectivity index (χ0v) is 11.4.